The van der Waals surface area contributed by atoms with E-state index >= 15 is 0 Å². The van der Waals surface area contributed by atoms with Gasteiger partial charge in [0.2, 0.25) is 0 Å². The van der Waals surface area contributed by atoms with E-state index in [4.69, 9.17) is 4.74 Å². The van der Waals surface area contributed by atoms with Crippen molar-refractivity contribution < 1.29 is 9.53 Å². The third kappa shape index (κ3) is 8.94. The molecule has 74 valence electrons. The van der Waals surface area contributed by atoms with Crippen LogP contribution in [0.1, 0.15) is 47.0 Å². The van der Waals surface area contributed by atoms with Gasteiger partial charge in [0, 0.05) is 12.8 Å². The van der Waals surface area contributed by atoms with Crippen LogP contribution in [0, 0.1) is 11.8 Å². The lowest BCUT2D eigenvalue weighted by molar-refractivity contribution is -0.154. The predicted molar refractivity (Wildman–Crippen MR) is 53.1 cm³/mol. The minimum absolute atomic E-state index is 0.134. The lowest BCUT2D eigenvalue weighted by atomic mass is 10.2. The monoisotopic (exact) mass is 182 g/mol. The average Bonchev–Trinajstić information content (AvgIpc) is 1.94. The molecule has 0 atom stereocenters. The number of esters is 1. The second-order valence-corrected chi connectivity index (χ2v) is 3.87. The third-order valence-corrected chi connectivity index (χ3v) is 1.28. The van der Waals surface area contributed by atoms with Crippen molar-refractivity contribution in [1.29, 1.82) is 0 Å². The van der Waals surface area contributed by atoms with Crippen LogP contribution < -0.4 is 0 Å². The molecule has 0 aliphatic heterocycles. The van der Waals surface area contributed by atoms with Crippen molar-refractivity contribution in [2.45, 2.75) is 52.6 Å². The van der Waals surface area contributed by atoms with Crippen molar-refractivity contribution in [1.82, 2.24) is 0 Å². The van der Waals surface area contributed by atoms with E-state index < -0.39 is 0 Å². The van der Waals surface area contributed by atoms with Gasteiger partial charge in [-0.3, -0.25) is 4.79 Å². The maximum absolute atomic E-state index is 11.2. The first kappa shape index (κ1) is 12.0. The zero-order valence-corrected chi connectivity index (χ0v) is 8.94. The molecule has 2 heteroatoms. The summed E-state index contributed by atoms with van der Waals surface area (Å²) in [6, 6.07) is 0. The molecule has 0 aromatic rings. The Kier molecular flexibility index (Phi) is 5.22. The fourth-order valence-electron chi connectivity index (χ4n) is 0.839. The smallest absolute Gasteiger partial charge is 0.306 e. The van der Waals surface area contributed by atoms with Gasteiger partial charge in [-0.25, -0.2) is 0 Å². The fraction of sp³-hybridized carbons (Fsp3) is 0.727. The minimum atomic E-state index is -0.368. The number of ether oxygens (including phenoxy) is 1. The largest absolute Gasteiger partial charge is 0.460 e. The van der Waals surface area contributed by atoms with Crippen molar-refractivity contribution >= 4 is 5.97 Å². The van der Waals surface area contributed by atoms with Gasteiger partial charge in [-0.2, -0.15) is 0 Å². The molecule has 0 unspecified atom stereocenters. The molecule has 13 heavy (non-hydrogen) atoms. The second-order valence-electron chi connectivity index (χ2n) is 3.87. The van der Waals surface area contributed by atoms with Crippen LogP contribution in [-0.2, 0) is 9.53 Å². The summed E-state index contributed by atoms with van der Waals surface area (Å²) in [5.41, 5.74) is -0.368. The minimum Gasteiger partial charge on any atom is -0.460 e. The van der Waals surface area contributed by atoms with Crippen LogP contribution in [0.4, 0.5) is 0 Å². The SMILES string of the molecule is CC#CCCCC(=O)OC(C)(C)C. The maximum atomic E-state index is 11.2. The number of unbranched alkanes of at least 4 members (excludes halogenated alkanes) is 1. The molecule has 0 radical (unpaired) electrons. The molecule has 2 nitrogen and oxygen atoms in total. The van der Waals surface area contributed by atoms with Gasteiger partial charge in [0.25, 0.3) is 0 Å². The van der Waals surface area contributed by atoms with Gasteiger partial charge < -0.3 is 4.74 Å². The zero-order valence-electron chi connectivity index (χ0n) is 8.94. The third-order valence-electron chi connectivity index (χ3n) is 1.28. The zero-order chi connectivity index (χ0) is 10.3. The Morgan fingerprint density at radius 3 is 2.46 bits per heavy atom. The molecule has 0 saturated heterocycles. The van der Waals surface area contributed by atoms with E-state index in [0.29, 0.717) is 6.42 Å². The highest BCUT2D eigenvalue weighted by atomic mass is 16.6. The number of hydrogen-bond donors (Lipinski definition) is 0. The van der Waals surface area contributed by atoms with Crippen LogP contribution in [0.2, 0.25) is 0 Å². The number of carbonyl (C=O) groups excluding carboxylic acids is 1. The molecule has 0 N–H and O–H groups in total. The predicted octanol–water partition coefficient (Wildman–Crippen LogP) is 2.52. The van der Waals surface area contributed by atoms with Gasteiger partial charge in [0.05, 0.1) is 0 Å². The second kappa shape index (κ2) is 5.64. The summed E-state index contributed by atoms with van der Waals surface area (Å²) in [5, 5.41) is 0. The van der Waals surface area contributed by atoms with Gasteiger partial charge in [-0.1, -0.05) is 0 Å². The lowest BCUT2D eigenvalue weighted by Gasteiger charge is -2.19. The molecule has 0 bridgehead atoms. The van der Waals surface area contributed by atoms with E-state index in [9.17, 15) is 4.79 Å². The van der Waals surface area contributed by atoms with Crippen molar-refractivity contribution in [3.8, 4) is 11.8 Å². The van der Waals surface area contributed by atoms with E-state index in [-0.39, 0.29) is 11.6 Å². The van der Waals surface area contributed by atoms with E-state index in [1.807, 2.05) is 20.8 Å². The highest BCUT2D eigenvalue weighted by Gasteiger charge is 2.15. The number of carbonyl (C=O) groups is 1. The standard InChI is InChI=1S/C11H18O2/c1-5-6-7-8-9-10(12)13-11(2,3)4/h7-9H2,1-4H3. The Bertz CT molecular complexity index is 212. The van der Waals surface area contributed by atoms with E-state index in [1.54, 1.807) is 6.92 Å². The highest BCUT2D eigenvalue weighted by molar-refractivity contribution is 5.69. The molecular formula is C11H18O2. The highest BCUT2D eigenvalue weighted by Crippen LogP contribution is 2.09. The lowest BCUT2D eigenvalue weighted by Crippen LogP contribution is -2.23. The summed E-state index contributed by atoms with van der Waals surface area (Å²) in [6.45, 7) is 7.41. The van der Waals surface area contributed by atoms with Crippen molar-refractivity contribution in [2.24, 2.45) is 0 Å². The van der Waals surface area contributed by atoms with Gasteiger partial charge in [0.15, 0.2) is 0 Å². The molecular weight excluding hydrogens is 164 g/mol. The Morgan fingerprint density at radius 2 is 2.00 bits per heavy atom. The molecule has 0 aromatic carbocycles. The van der Waals surface area contributed by atoms with Gasteiger partial charge in [-0.05, 0) is 34.1 Å². The van der Waals surface area contributed by atoms with Crippen LogP contribution in [0.3, 0.4) is 0 Å². The molecule has 0 heterocycles. The topological polar surface area (TPSA) is 26.3 Å². The first-order valence-corrected chi connectivity index (χ1v) is 4.57. The average molecular weight is 182 g/mol. The molecule has 0 rings (SSSR count). The molecule has 0 saturated carbocycles. The Balaban J connectivity index is 3.56. The Morgan fingerprint density at radius 1 is 1.38 bits per heavy atom. The summed E-state index contributed by atoms with van der Waals surface area (Å²) < 4.78 is 5.13. The molecule has 0 spiro atoms. The molecule has 0 aliphatic carbocycles. The van der Waals surface area contributed by atoms with Crippen LogP contribution in [-0.4, -0.2) is 11.6 Å². The quantitative estimate of drug-likeness (QED) is 0.381. The number of hydrogen-bond acceptors (Lipinski definition) is 2. The van der Waals surface area contributed by atoms with E-state index in [1.165, 1.54) is 0 Å². The number of rotatable bonds is 3. The normalized spacial score (nSPS) is 10.2. The van der Waals surface area contributed by atoms with Gasteiger partial charge >= 0.3 is 5.97 Å². The summed E-state index contributed by atoms with van der Waals surface area (Å²) in [5.74, 6) is 5.56. The summed E-state index contributed by atoms with van der Waals surface area (Å²) in [7, 11) is 0. The summed E-state index contributed by atoms with van der Waals surface area (Å²) >= 11 is 0. The van der Waals surface area contributed by atoms with Gasteiger partial charge in [-0.15, -0.1) is 11.8 Å². The van der Waals surface area contributed by atoms with Crippen LogP contribution >= 0.6 is 0 Å². The van der Waals surface area contributed by atoms with Crippen LogP contribution in [0.15, 0.2) is 0 Å². The maximum Gasteiger partial charge on any atom is 0.306 e. The molecule has 0 fully saturated rings. The van der Waals surface area contributed by atoms with Crippen LogP contribution in [0.5, 0.6) is 0 Å². The fourth-order valence-corrected chi connectivity index (χ4v) is 0.839. The summed E-state index contributed by atoms with van der Waals surface area (Å²) in [4.78, 5) is 11.2. The van der Waals surface area contributed by atoms with E-state index in [2.05, 4.69) is 11.8 Å². The van der Waals surface area contributed by atoms with Gasteiger partial charge in [0.1, 0.15) is 5.60 Å². The molecule has 0 aromatic heterocycles. The van der Waals surface area contributed by atoms with Crippen molar-refractivity contribution in [3.63, 3.8) is 0 Å². The van der Waals surface area contributed by atoms with Crippen molar-refractivity contribution in [3.05, 3.63) is 0 Å². The van der Waals surface area contributed by atoms with Crippen molar-refractivity contribution in [2.75, 3.05) is 0 Å². The van der Waals surface area contributed by atoms with E-state index in [0.717, 1.165) is 12.8 Å². The molecule has 0 aliphatic rings. The Labute approximate surface area is 80.7 Å². The Hall–Kier alpha value is -0.970. The first-order valence-electron chi connectivity index (χ1n) is 4.57. The van der Waals surface area contributed by atoms with Crippen LogP contribution in [0.25, 0.3) is 0 Å². The molecule has 0 amide bonds. The first-order chi connectivity index (χ1) is 5.95. The summed E-state index contributed by atoms with van der Waals surface area (Å²) in [6.07, 6.45) is 2.03.